The Bertz CT molecular complexity index is 634. The number of hydrogen-bond donors (Lipinski definition) is 1. The lowest BCUT2D eigenvalue weighted by atomic mass is 10.2. The van der Waals surface area contributed by atoms with Gasteiger partial charge in [0.25, 0.3) is 5.91 Å². The summed E-state index contributed by atoms with van der Waals surface area (Å²) < 4.78 is 0. The largest absolute Gasteiger partial charge is 0.339 e. The number of carbonyl (C=O) groups is 3. The molecule has 2 fully saturated rings. The van der Waals surface area contributed by atoms with Crippen molar-refractivity contribution in [1.29, 1.82) is 0 Å². The van der Waals surface area contributed by atoms with E-state index in [2.05, 4.69) is 10.3 Å². The summed E-state index contributed by atoms with van der Waals surface area (Å²) in [6.07, 6.45) is 2.00. The Hall–Kier alpha value is -2.44. The minimum atomic E-state index is -0.227. The highest BCUT2D eigenvalue weighted by molar-refractivity contribution is 5.94. The molecule has 7 heteroatoms. The Morgan fingerprint density at radius 1 is 1.09 bits per heavy atom. The summed E-state index contributed by atoms with van der Waals surface area (Å²) >= 11 is 0. The van der Waals surface area contributed by atoms with E-state index in [1.54, 1.807) is 23.1 Å². The predicted molar refractivity (Wildman–Crippen MR) is 83.7 cm³/mol. The molecule has 3 amide bonds. The quantitative estimate of drug-likeness (QED) is 0.891. The lowest BCUT2D eigenvalue weighted by Gasteiger charge is -2.34. The maximum absolute atomic E-state index is 12.5. The molecule has 0 aromatic carbocycles. The van der Waals surface area contributed by atoms with Gasteiger partial charge in [-0.15, -0.1) is 0 Å². The van der Waals surface area contributed by atoms with Gasteiger partial charge in [0.05, 0.1) is 0 Å². The first kappa shape index (κ1) is 15.5. The van der Waals surface area contributed by atoms with E-state index in [1.165, 1.54) is 6.92 Å². The molecule has 23 heavy (non-hydrogen) atoms. The molecule has 2 aliphatic rings. The standard InChI is InChI=1S/C16H20N4O3/c1-11(21)17-14-4-2-3-13(18-14)16(23)20-9-7-19(8-10-20)15(22)12-5-6-12/h2-4,12H,5-10H2,1H3,(H,17,18,21). The van der Waals surface area contributed by atoms with E-state index < -0.39 is 0 Å². The Morgan fingerprint density at radius 2 is 1.74 bits per heavy atom. The second kappa shape index (κ2) is 6.36. The van der Waals surface area contributed by atoms with Crippen LogP contribution in [0.2, 0.25) is 0 Å². The van der Waals surface area contributed by atoms with Crippen LogP contribution in [0, 0.1) is 5.92 Å². The zero-order chi connectivity index (χ0) is 16.4. The van der Waals surface area contributed by atoms with Crippen molar-refractivity contribution < 1.29 is 14.4 Å². The van der Waals surface area contributed by atoms with Crippen LogP contribution in [0.3, 0.4) is 0 Å². The number of anilines is 1. The molecule has 1 aromatic rings. The van der Waals surface area contributed by atoms with Crippen molar-refractivity contribution in [2.24, 2.45) is 5.92 Å². The molecule has 0 spiro atoms. The predicted octanol–water partition coefficient (Wildman–Crippen LogP) is 0.734. The monoisotopic (exact) mass is 316 g/mol. The van der Waals surface area contributed by atoms with Gasteiger partial charge in [0.2, 0.25) is 11.8 Å². The van der Waals surface area contributed by atoms with Crippen LogP contribution >= 0.6 is 0 Å². The van der Waals surface area contributed by atoms with Crippen molar-refractivity contribution >= 4 is 23.5 Å². The summed E-state index contributed by atoms with van der Waals surface area (Å²) in [4.78, 5) is 43.3. The van der Waals surface area contributed by atoms with Gasteiger partial charge < -0.3 is 15.1 Å². The lowest BCUT2D eigenvalue weighted by molar-refractivity contribution is -0.134. The third-order valence-electron chi connectivity index (χ3n) is 4.08. The second-order valence-corrected chi connectivity index (χ2v) is 5.98. The highest BCUT2D eigenvalue weighted by atomic mass is 16.2. The summed E-state index contributed by atoms with van der Waals surface area (Å²) in [6.45, 7) is 3.58. The van der Waals surface area contributed by atoms with Crippen molar-refractivity contribution in [1.82, 2.24) is 14.8 Å². The Balaban J connectivity index is 1.60. The summed E-state index contributed by atoms with van der Waals surface area (Å²) in [7, 11) is 0. The van der Waals surface area contributed by atoms with Crippen LogP contribution in [0.25, 0.3) is 0 Å². The van der Waals surface area contributed by atoms with Crippen LogP contribution in [0.1, 0.15) is 30.3 Å². The highest BCUT2D eigenvalue weighted by Gasteiger charge is 2.35. The summed E-state index contributed by atoms with van der Waals surface area (Å²) in [6, 6.07) is 4.97. The first-order valence-corrected chi connectivity index (χ1v) is 7.87. The van der Waals surface area contributed by atoms with E-state index in [-0.39, 0.29) is 23.6 Å². The molecule has 1 aliphatic heterocycles. The van der Waals surface area contributed by atoms with Gasteiger partial charge in [0.15, 0.2) is 0 Å². The van der Waals surface area contributed by atoms with E-state index in [1.807, 2.05) is 4.90 Å². The average Bonchev–Trinajstić information content (AvgIpc) is 3.38. The summed E-state index contributed by atoms with van der Waals surface area (Å²) in [5.74, 6) is 0.409. The van der Waals surface area contributed by atoms with Gasteiger partial charge in [-0.05, 0) is 25.0 Å². The van der Waals surface area contributed by atoms with Gasteiger partial charge in [0.1, 0.15) is 11.5 Å². The maximum Gasteiger partial charge on any atom is 0.272 e. The maximum atomic E-state index is 12.5. The molecular weight excluding hydrogens is 296 g/mol. The molecule has 1 aromatic heterocycles. The fourth-order valence-electron chi connectivity index (χ4n) is 2.68. The van der Waals surface area contributed by atoms with Crippen LogP contribution in [-0.4, -0.2) is 58.7 Å². The number of piperazine rings is 1. The molecule has 0 unspecified atom stereocenters. The topological polar surface area (TPSA) is 82.6 Å². The van der Waals surface area contributed by atoms with Crippen molar-refractivity contribution in [3.8, 4) is 0 Å². The van der Waals surface area contributed by atoms with E-state index in [4.69, 9.17) is 0 Å². The van der Waals surface area contributed by atoms with Crippen molar-refractivity contribution in [2.45, 2.75) is 19.8 Å². The van der Waals surface area contributed by atoms with Gasteiger partial charge in [-0.2, -0.15) is 0 Å². The molecule has 2 heterocycles. The van der Waals surface area contributed by atoms with Crippen molar-refractivity contribution in [3.05, 3.63) is 23.9 Å². The van der Waals surface area contributed by atoms with Crippen LogP contribution in [-0.2, 0) is 9.59 Å². The number of aromatic nitrogens is 1. The van der Waals surface area contributed by atoms with Gasteiger partial charge in [-0.1, -0.05) is 6.07 Å². The molecule has 1 aliphatic carbocycles. The first-order valence-electron chi connectivity index (χ1n) is 7.87. The fourth-order valence-corrected chi connectivity index (χ4v) is 2.68. The number of hydrogen-bond acceptors (Lipinski definition) is 4. The Kier molecular flexibility index (Phi) is 4.27. The SMILES string of the molecule is CC(=O)Nc1cccc(C(=O)N2CCN(C(=O)C3CC3)CC2)n1. The van der Waals surface area contributed by atoms with Gasteiger partial charge in [-0.3, -0.25) is 14.4 Å². The average molecular weight is 316 g/mol. The molecular formula is C16H20N4O3. The Labute approximate surface area is 134 Å². The van der Waals surface area contributed by atoms with E-state index in [0.717, 1.165) is 12.8 Å². The number of nitrogens with zero attached hydrogens (tertiary/aromatic N) is 3. The minimum Gasteiger partial charge on any atom is -0.339 e. The molecule has 1 saturated carbocycles. The normalized spacial score (nSPS) is 17.8. The number of nitrogens with one attached hydrogen (secondary N) is 1. The van der Waals surface area contributed by atoms with Crippen LogP contribution in [0.4, 0.5) is 5.82 Å². The molecule has 1 saturated heterocycles. The molecule has 3 rings (SSSR count). The minimum absolute atomic E-state index is 0.171. The second-order valence-electron chi connectivity index (χ2n) is 5.98. The number of rotatable bonds is 3. The first-order chi connectivity index (χ1) is 11.0. The van der Waals surface area contributed by atoms with E-state index in [9.17, 15) is 14.4 Å². The molecule has 122 valence electrons. The van der Waals surface area contributed by atoms with E-state index in [0.29, 0.717) is 37.7 Å². The fraction of sp³-hybridized carbons (Fsp3) is 0.500. The zero-order valence-corrected chi connectivity index (χ0v) is 13.1. The summed E-state index contributed by atoms with van der Waals surface area (Å²) in [5, 5.41) is 2.57. The van der Waals surface area contributed by atoms with Crippen LogP contribution in [0.5, 0.6) is 0 Å². The van der Waals surface area contributed by atoms with Gasteiger partial charge in [0, 0.05) is 39.0 Å². The molecule has 7 nitrogen and oxygen atoms in total. The number of carbonyl (C=O) groups excluding carboxylic acids is 3. The molecule has 0 atom stereocenters. The van der Waals surface area contributed by atoms with E-state index >= 15 is 0 Å². The number of pyridine rings is 1. The van der Waals surface area contributed by atoms with Crippen LogP contribution in [0.15, 0.2) is 18.2 Å². The molecule has 1 N–H and O–H groups in total. The van der Waals surface area contributed by atoms with Crippen molar-refractivity contribution in [3.63, 3.8) is 0 Å². The molecule has 0 radical (unpaired) electrons. The van der Waals surface area contributed by atoms with Crippen LogP contribution < -0.4 is 5.32 Å². The zero-order valence-electron chi connectivity index (χ0n) is 13.1. The highest BCUT2D eigenvalue weighted by Crippen LogP contribution is 2.31. The lowest BCUT2D eigenvalue weighted by Crippen LogP contribution is -2.51. The summed E-state index contributed by atoms with van der Waals surface area (Å²) in [5.41, 5.74) is 0.304. The Morgan fingerprint density at radius 3 is 2.35 bits per heavy atom. The number of amides is 3. The van der Waals surface area contributed by atoms with Gasteiger partial charge in [-0.25, -0.2) is 4.98 Å². The smallest absolute Gasteiger partial charge is 0.272 e. The molecule has 0 bridgehead atoms. The third kappa shape index (κ3) is 3.67. The third-order valence-corrected chi connectivity index (χ3v) is 4.08. The van der Waals surface area contributed by atoms with Crippen molar-refractivity contribution in [2.75, 3.05) is 31.5 Å². The van der Waals surface area contributed by atoms with Gasteiger partial charge >= 0.3 is 0 Å².